The highest BCUT2D eigenvalue weighted by Gasteiger charge is 2.08. The Labute approximate surface area is 185 Å². The molecule has 2 amide bonds. The number of unbranched alkanes of at least 4 members (excludes halogenated alkanes) is 4. The first kappa shape index (κ1) is 24.3. The van der Waals surface area contributed by atoms with E-state index in [2.05, 4.69) is 22.9 Å². The molecule has 0 aliphatic rings. The molecule has 0 spiro atoms. The fourth-order valence-electron chi connectivity index (χ4n) is 3.06. The van der Waals surface area contributed by atoms with Crippen LogP contribution in [0.15, 0.2) is 48.5 Å². The van der Waals surface area contributed by atoms with Crippen molar-refractivity contribution in [1.29, 1.82) is 0 Å². The molecule has 0 bridgehead atoms. The molecular weight excluding hydrogens is 390 g/mol. The maximum absolute atomic E-state index is 12.3. The molecule has 2 aromatic rings. The Morgan fingerprint density at radius 1 is 0.935 bits per heavy atom. The molecule has 2 rings (SSSR count). The van der Waals surface area contributed by atoms with Gasteiger partial charge < -0.3 is 20.7 Å². The summed E-state index contributed by atoms with van der Waals surface area (Å²) in [6.45, 7) is 6.81. The minimum atomic E-state index is -0.172. The zero-order valence-electron chi connectivity index (χ0n) is 18.9. The van der Waals surface area contributed by atoms with Crippen LogP contribution in [0.5, 0.6) is 5.75 Å². The quantitative estimate of drug-likeness (QED) is 0.384. The largest absolute Gasteiger partial charge is 0.494 e. The molecule has 168 valence electrons. The number of carbonyl (C=O) groups is 2. The topological polar surface area (TPSA) is 79.5 Å². The average molecular weight is 426 g/mol. The number of rotatable bonds is 13. The number of ether oxygens (including phenoxy) is 1. The standard InChI is InChI=1S/C25H35N3O3/c1-4-5-6-7-8-15-31-23-14-10-13-22(17-23)28-24(29)18-26-21-12-9-11-20(16-21)25(30)27-19(2)3/h9-14,16-17,19,26H,4-8,15,18H2,1-3H3,(H,27,30)(H,28,29). The van der Waals surface area contributed by atoms with Crippen LogP contribution in [-0.4, -0.2) is 31.0 Å². The highest BCUT2D eigenvalue weighted by molar-refractivity contribution is 5.96. The van der Waals surface area contributed by atoms with Gasteiger partial charge in [-0.15, -0.1) is 0 Å². The molecule has 0 radical (unpaired) electrons. The summed E-state index contributed by atoms with van der Waals surface area (Å²) < 4.78 is 5.80. The van der Waals surface area contributed by atoms with Crippen LogP contribution in [0.2, 0.25) is 0 Å². The molecule has 0 saturated heterocycles. The van der Waals surface area contributed by atoms with Crippen molar-refractivity contribution in [3.8, 4) is 5.75 Å². The van der Waals surface area contributed by atoms with Crippen molar-refractivity contribution < 1.29 is 14.3 Å². The molecular formula is C25H35N3O3. The Morgan fingerprint density at radius 3 is 2.45 bits per heavy atom. The number of nitrogens with one attached hydrogen (secondary N) is 3. The van der Waals surface area contributed by atoms with Crippen LogP contribution in [0.1, 0.15) is 63.2 Å². The van der Waals surface area contributed by atoms with Gasteiger partial charge in [0.25, 0.3) is 5.91 Å². The first-order chi connectivity index (χ1) is 15.0. The monoisotopic (exact) mass is 425 g/mol. The molecule has 3 N–H and O–H groups in total. The van der Waals surface area contributed by atoms with Gasteiger partial charge in [-0.3, -0.25) is 9.59 Å². The van der Waals surface area contributed by atoms with Crippen LogP contribution in [-0.2, 0) is 4.79 Å². The van der Waals surface area contributed by atoms with Gasteiger partial charge in [0.15, 0.2) is 0 Å². The molecule has 0 unspecified atom stereocenters. The fourth-order valence-corrected chi connectivity index (χ4v) is 3.06. The maximum atomic E-state index is 12.3. The van der Waals surface area contributed by atoms with Gasteiger partial charge in [0.05, 0.1) is 13.2 Å². The molecule has 2 aromatic carbocycles. The van der Waals surface area contributed by atoms with Gasteiger partial charge in [0.2, 0.25) is 5.91 Å². The second kappa shape index (κ2) is 13.3. The minimum absolute atomic E-state index is 0.0655. The van der Waals surface area contributed by atoms with E-state index in [9.17, 15) is 9.59 Å². The third kappa shape index (κ3) is 9.55. The Balaban J connectivity index is 1.79. The number of carbonyl (C=O) groups excluding carboxylic acids is 2. The summed E-state index contributed by atoms with van der Waals surface area (Å²) in [5.41, 5.74) is 1.96. The highest BCUT2D eigenvalue weighted by atomic mass is 16.5. The van der Waals surface area contributed by atoms with E-state index in [0.717, 1.165) is 12.2 Å². The summed E-state index contributed by atoms with van der Waals surface area (Å²) in [6, 6.07) is 14.6. The third-order valence-corrected chi connectivity index (χ3v) is 4.63. The van der Waals surface area contributed by atoms with Crippen LogP contribution >= 0.6 is 0 Å². The van der Waals surface area contributed by atoms with Crippen molar-refractivity contribution in [3.05, 3.63) is 54.1 Å². The van der Waals surface area contributed by atoms with E-state index in [1.807, 2.05) is 44.2 Å². The van der Waals surface area contributed by atoms with E-state index >= 15 is 0 Å². The lowest BCUT2D eigenvalue weighted by atomic mass is 10.1. The first-order valence-electron chi connectivity index (χ1n) is 11.2. The summed E-state index contributed by atoms with van der Waals surface area (Å²) in [6.07, 6.45) is 5.96. The van der Waals surface area contributed by atoms with E-state index < -0.39 is 0 Å². The van der Waals surface area contributed by atoms with Gasteiger partial charge in [0.1, 0.15) is 5.75 Å². The second-order valence-electron chi connectivity index (χ2n) is 7.90. The highest BCUT2D eigenvalue weighted by Crippen LogP contribution is 2.18. The minimum Gasteiger partial charge on any atom is -0.494 e. The van der Waals surface area contributed by atoms with Crippen LogP contribution in [0.4, 0.5) is 11.4 Å². The maximum Gasteiger partial charge on any atom is 0.251 e. The van der Waals surface area contributed by atoms with Gasteiger partial charge in [-0.2, -0.15) is 0 Å². The predicted molar refractivity (Wildman–Crippen MR) is 127 cm³/mol. The lowest BCUT2D eigenvalue weighted by Gasteiger charge is -2.12. The summed E-state index contributed by atoms with van der Waals surface area (Å²) in [7, 11) is 0. The normalized spacial score (nSPS) is 10.6. The van der Waals surface area contributed by atoms with Gasteiger partial charge in [0, 0.05) is 29.0 Å². The van der Waals surface area contributed by atoms with Crippen LogP contribution in [0.25, 0.3) is 0 Å². The molecule has 0 aliphatic heterocycles. The Bertz CT molecular complexity index is 836. The van der Waals surface area contributed by atoms with Crippen molar-refractivity contribution in [2.45, 2.75) is 58.9 Å². The molecule has 31 heavy (non-hydrogen) atoms. The van der Waals surface area contributed by atoms with E-state index in [-0.39, 0.29) is 24.4 Å². The predicted octanol–water partition coefficient (Wildman–Crippen LogP) is 5.22. The third-order valence-electron chi connectivity index (χ3n) is 4.63. The van der Waals surface area contributed by atoms with Crippen molar-refractivity contribution in [3.63, 3.8) is 0 Å². The van der Waals surface area contributed by atoms with Crippen molar-refractivity contribution >= 4 is 23.2 Å². The van der Waals surface area contributed by atoms with E-state index in [1.54, 1.807) is 18.2 Å². The SMILES string of the molecule is CCCCCCCOc1cccc(NC(=O)CNc2cccc(C(=O)NC(C)C)c2)c1. The molecule has 0 fully saturated rings. The summed E-state index contributed by atoms with van der Waals surface area (Å²) in [5, 5.41) is 8.80. The molecule has 0 saturated carbocycles. The van der Waals surface area contributed by atoms with Crippen LogP contribution < -0.4 is 20.7 Å². The molecule has 0 heterocycles. The van der Waals surface area contributed by atoms with Crippen molar-refractivity contribution in [2.24, 2.45) is 0 Å². The number of hydrogen-bond acceptors (Lipinski definition) is 4. The summed E-state index contributed by atoms with van der Waals surface area (Å²) in [5.74, 6) is 0.448. The molecule has 0 atom stereocenters. The fraction of sp³-hybridized carbons (Fsp3) is 0.440. The van der Waals surface area contributed by atoms with E-state index in [0.29, 0.717) is 23.5 Å². The van der Waals surface area contributed by atoms with Gasteiger partial charge in [-0.1, -0.05) is 44.7 Å². The molecule has 6 nitrogen and oxygen atoms in total. The Hall–Kier alpha value is -3.02. The average Bonchev–Trinajstić information content (AvgIpc) is 2.75. The van der Waals surface area contributed by atoms with Crippen LogP contribution in [0, 0.1) is 0 Å². The van der Waals surface area contributed by atoms with Crippen molar-refractivity contribution in [2.75, 3.05) is 23.8 Å². The van der Waals surface area contributed by atoms with Gasteiger partial charge in [-0.05, 0) is 50.6 Å². The second-order valence-corrected chi connectivity index (χ2v) is 7.90. The first-order valence-corrected chi connectivity index (χ1v) is 11.2. The number of benzene rings is 2. The zero-order chi connectivity index (χ0) is 22.5. The van der Waals surface area contributed by atoms with Gasteiger partial charge >= 0.3 is 0 Å². The van der Waals surface area contributed by atoms with E-state index in [4.69, 9.17) is 4.74 Å². The lowest BCUT2D eigenvalue weighted by Crippen LogP contribution is -2.30. The molecule has 6 heteroatoms. The zero-order valence-corrected chi connectivity index (χ0v) is 18.9. The number of anilines is 2. The van der Waals surface area contributed by atoms with E-state index in [1.165, 1.54) is 25.7 Å². The summed E-state index contributed by atoms with van der Waals surface area (Å²) in [4.78, 5) is 24.5. The Morgan fingerprint density at radius 2 is 1.68 bits per heavy atom. The van der Waals surface area contributed by atoms with Gasteiger partial charge in [-0.25, -0.2) is 0 Å². The summed E-state index contributed by atoms with van der Waals surface area (Å²) >= 11 is 0. The number of hydrogen-bond donors (Lipinski definition) is 3. The smallest absolute Gasteiger partial charge is 0.251 e. The van der Waals surface area contributed by atoms with Crippen molar-refractivity contribution in [1.82, 2.24) is 5.32 Å². The number of amides is 2. The Kier molecular flexibility index (Phi) is 10.4. The molecule has 0 aliphatic carbocycles. The van der Waals surface area contributed by atoms with Crippen LogP contribution in [0.3, 0.4) is 0 Å². The lowest BCUT2D eigenvalue weighted by molar-refractivity contribution is -0.114. The molecule has 0 aromatic heterocycles.